The molecule has 0 fully saturated rings. The summed E-state index contributed by atoms with van der Waals surface area (Å²) in [5.74, 6) is -0.920. The molecular weight excluding hydrogens is 286 g/mol. The fourth-order valence-corrected chi connectivity index (χ4v) is 2.08. The number of hydrogen-bond donors (Lipinski definition) is 2. The van der Waals surface area contributed by atoms with E-state index in [2.05, 4.69) is 5.32 Å². The molecule has 0 saturated carbocycles. The van der Waals surface area contributed by atoms with Crippen LogP contribution in [0.5, 0.6) is 0 Å². The molecule has 2 nitrogen and oxygen atoms in total. The molecule has 0 aliphatic carbocycles. The molecule has 6 heteroatoms. The molecule has 0 radical (unpaired) electrons. The van der Waals surface area contributed by atoms with Crippen LogP contribution in [0.15, 0.2) is 18.2 Å². The van der Waals surface area contributed by atoms with E-state index in [-0.39, 0.29) is 24.1 Å². The Morgan fingerprint density at radius 2 is 1.76 bits per heavy atom. The van der Waals surface area contributed by atoms with Crippen molar-refractivity contribution in [1.82, 2.24) is 5.32 Å². The van der Waals surface area contributed by atoms with Crippen molar-refractivity contribution in [2.45, 2.75) is 46.0 Å². The van der Waals surface area contributed by atoms with E-state index in [1.807, 2.05) is 20.8 Å². The van der Waals surface area contributed by atoms with Gasteiger partial charge in [-0.15, -0.1) is 0 Å². The van der Waals surface area contributed by atoms with Crippen LogP contribution in [0.2, 0.25) is 0 Å². The van der Waals surface area contributed by atoms with E-state index in [0.29, 0.717) is 12.5 Å². The molecule has 1 atom stereocenters. The Balaban J connectivity index is 2.58. The van der Waals surface area contributed by atoms with E-state index in [1.165, 1.54) is 0 Å². The Labute approximate surface area is 122 Å². The molecule has 0 aromatic heterocycles. The molecule has 1 aromatic rings. The van der Waals surface area contributed by atoms with Gasteiger partial charge < -0.3 is 10.4 Å². The van der Waals surface area contributed by atoms with E-state index in [1.54, 1.807) is 0 Å². The fraction of sp³-hybridized carbons (Fsp3) is 0.600. The summed E-state index contributed by atoms with van der Waals surface area (Å²) in [5, 5.41) is 12.6. The molecule has 1 unspecified atom stereocenters. The summed E-state index contributed by atoms with van der Waals surface area (Å²) in [6.45, 7) is 6.27. The van der Waals surface area contributed by atoms with Crippen LogP contribution in [0.25, 0.3) is 0 Å². The second-order valence-electron chi connectivity index (χ2n) is 6.40. The fourth-order valence-electron chi connectivity index (χ4n) is 2.08. The average Bonchev–Trinajstić information content (AvgIpc) is 2.24. The van der Waals surface area contributed by atoms with Crippen molar-refractivity contribution in [2.75, 3.05) is 6.54 Å². The van der Waals surface area contributed by atoms with E-state index in [9.17, 15) is 22.7 Å². The molecule has 1 aromatic carbocycles. The van der Waals surface area contributed by atoms with Gasteiger partial charge in [-0.25, -0.2) is 4.39 Å². The maximum atomic E-state index is 13.2. The molecule has 0 amide bonds. The standard InChI is InChI=1S/C15H21F4NO/c1-14(2,3)7-13(21)9-20-8-10-4-11(15(17,18)19)6-12(16)5-10/h4-6,13,20-21H,7-9H2,1-3H3. The minimum atomic E-state index is -4.57. The van der Waals surface area contributed by atoms with Gasteiger partial charge in [0.25, 0.3) is 0 Å². The Kier molecular flexibility index (Phi) is 5.75. The highest BCUT2D eigenvalue weighted by Crippen LogP contribution is 2.30. The third-order valence-corrected chi connectivity index (χ3v) is 2.84. The van der Waals surface area contributed by atoms with Crippen molar-refractivity contribution < 1.29 is 22.7 Å². The molecule has 0 aliphatic heterocycles. The first kappa shape index (κ1) is 17.9. The quantitative estimate of drug-likeness (QED) is 0.812. The first-order valence-corrected chi connectivity index (χ1v) is 6.73. The molecule has 0 aliphatic rings. The van der Waals surface area contributed by atoms with Crippen LogP contribution in [0.4, 0.5) is 17.6 Å². The molecule has 21 heavy (non-hydrogen) atoms. The number of hydrogen-bond acceptors (Lipinski definition) is 2. The van der Waals surface area contributed by atoms with Crippen molar-refractivity contribution in [2.24, 2.45) is 5.41 Å². The van der Waals surface area contributed by atoms with E-state index >= 15 is 0 Å². The highest BCUT2D eigenvalue weighted by atomic mass is 19.4. The summed E-state index contributed by atoms with van der Waals surface area (Å²) < 4.78 is 50.9. The zero-order chi connectivity index (χ0) is 16.3. The van der Waals surface area contributed by atoms with Gasteiger partial charge in [-0.2, -0.15) is 13.2 Å². The first-order chi connectivity index (χ1) is 9.47. The van der Waals surface area contributed by atoms with Crippen LogP contribution >= 0.6 is 0 Å². The Hall–Kier alpha value is -1.14. The molecule has 1 rings (SSSR count). The highest BCUT2D eigenvalue weighted by Gasteiger charge is 2.31. The number of halogens is 4. The van der Waals surface area contributed by atoms with Gasteiger partial charge in [0.15, 0.2) is 0 Å². The highest BCUT2D eigenvalue weighted by molar-refractivity contribution is 5.26. The predicted molar refractivity (Wildman–Crippen MR) is 73.2 cm³/mol. The van der Waals surface area contributed by atoms with Gasteiger partial charge in [0.05, 0.1) is 11.7 Å². The zero-order valence-electron chi connectivity index (χ0n) is 12.4. The van der Waals surface area contributed by atoms with Crippen LogP contribution in [0.1, 0.15) is 38.3 Å². The van der Waals surface area contributed by atoms with E-state index in [0.717, 1.165) is 12.1 Å². The normalized spacial score (nSPS) is 14.3. The lowest BCUT2D eigenvalue weighted by atomic mass is 9.89. The van der Waals surface area contributed by atoms with E-state index < -0.39 is 23.7 Å². The Morgan fingerprint density at radius 3 is 2.29 bits per heavy atom. The minimum absolute atomic E-state index is 0.0383. The number of aliphatic hydroxyl groups excluding tert-OH is 1. The maximum absolute atomic E-state index is 13.2. The molecule has 0 saturated heterocycles. The average molecular weight is 307 g/mol. The van der Waals surface area contributed by atoms with Crippen LogP contribution in [0, 0.1) is 11.2 Å². The third kappa shape index (κ3) is 6.91. The second kappa shape index (κ2) is 6.75. The first-order valence-electron chi connectivity index (χ1n) is 6.73. The maximum Gasteiger partial charge on any atom is 0.416 e. The van der Waals surface area contributed by atoms with Gasteiger partial charge in [0.1, 0.15) is 5.82 Å². The summed E-state index contributed by atoms with van der Waals surface area (Å²) >= 11 is 0. The topological polar surface area (TPSA) is 32.3 Å². The molecule has 0 heterocycles. The van der Waals surface area contributed by atoms with Gasteiger partial charge >= 0.3 is 6.18 Å². The van der Waals surface area contributed by atoms with Crippen molar-refractivity contribution >= 4 is 0 Å². The van der Waals surface area contributed by atoms with Gasteiger partial charge in [-0.3, -0.25) is 0 Å². The van der Waals surface area contributed by atoms with Crippen molar-refractivity contribution in [1.29, 1.82) is 0 Å². The lowest BCUT2D eigenvalue weighted by Gasteiger charge is -2.22. The molecule has 2 N–H and O–H groups in total. The van der Waals surface area contributed by atoms with Crippen molar-refractivity contribution in [3.63, 3.8) is 0 Å². The molecular formula is C15H21F4NO. The third-order valence-electron chi connectivity index (χ3n) is 2.84. The SMILES string of the molecule is CC(C)(C)CC(O)CNCc1cc(F)cc(C(F)(F)F)c1. The molecule has 120 valence electrons. The van der Waals surface area contributed by atoms with Crippen LogP contribution in [-0.4, -0.2) is 17.8 Å². The smallest absolute Gasteiger partial charge is 0.392 e. The van der Waals surface area contributed by atoms with Gasteiger partial charge in [0, 0.05) is 13.1 Å². The number of alkyl halides is 3. The number of nitrogens with one attached hydrogen (secondary N) is 1. The Morgan fingerprint density at radius 1 is 1.14 bits per heavy atom. The zero-order valence-corrected chi connectivity index (χ0v) is 12.4. The minimum Gasteiger partial charge on any atom is -0.392 e. The molecule has 0 spiro atoms. The van der Waals surface area contributed by atoms with Gasteiger partial charge in [0.2, 0.25) is 0 Å². The van der Waals surface area contributed by atoms with E-state index in [4.69, 9.17) is 0 Å². The monoisotopic (exact) mass is 307 g/mol. The summed E-state index contributed by atoms with van der Waals surface area (Å²) in [7, 11) is 0. The summed E-state index contributed by atoms with van der Waals surface area (Å²) in [4.78, 5) is 0. The van der Waals surface area contributed by atoms with Gasteiger partial charge in [-0.1, -0.05) is 20.8 Å². The second-order valence-corrected chi connectivity index (χ2v) is 6.40. The summed E-state index contributed by atoms with van der Waals surface area (Å²) in [5.41, 5.74) is -0.844. The van der Waals surface area contributed by atoms with Crippen LogP contribution in [-0.2, 0) is 12.7 Å². The van der Waals surface area contributed by atoms with Crippen molar-refractivity contribution in [3.05, 3.63) is 35.1 Å². The summed E-state index contributed by atoms with van der Waals surface area (Å²) in [6, 6.07) is 2.43. The lowest BCUT2D eigenvalue weighted by molar-refractivity contribution is -0.137. The molecule has 0 bridgehead atoms. The number of benzene rings is 1. The van der Waals surface area contributed by atoms with Crippen LogP contribution < -0.4 is 5.32 Å². The number of aliphatic hydroxyl groups is 1. The summed E-state index contributed by atoms with van der Waals surface area (Å²) in [6.07, 6.45) is -4.60. The predicted octanol–water partition coefficient (Wildman–Crippen LogP) is 3.73. The number of rotatable bonds is 5. The van der Waals surface area contributed by atoms with Gasteiger partial charge in [-0.05, 0) is 35.6 Å². The Bertz CT molecular complexity index is 466. The van der Waals surface area contributed by atoms with Crippen molar-refractivity contribution in [3.8, 4) is 0 Å². The largest absolute Gasteiger partial charge is 0.416 e. The van der Waals surface area contributed by atoms with Crippen LogP contribution in [0.3, 0.4) is 0 Å². The lowest BCUT2D eigenvalue weighted by Crippen LogP contribution is -2.30.